The predicted molar refractivity (Wildman–Crippen MR) is 69.5 cm³/mol. The summed E-state index contributed by atoms with van der Waals surface area (Å²) in [7, 11) is 1.69. The lowest BCUT2D eigenvalue weighted by Gasteiger charge is -2.08. The zero-order valence-corrected chi connectivity index (χ0v) is 10.4. The molecule has 4 nitrogen and oxygen atoms in total. The third kappa shape index (κ3) is 3.05. The lowest BCUT2D eigenvalue weighted by Crippen LogP contribution is -2.07. The van der Waals surface area contributed by atoms with E-state index >= 15 is 0 Å². The maximum absolute atomic E-state index is 5.88. The molecular weight excluding hydrogens is 238 g/mol. The van der Waals surface area contributed by atoms with E-state index in [1.165, 1.54) is 0 Å². The Balaban J connectivity index is 2.20. The van der Waals surface area contributed by atoms with Gasteiger partial charge in [0.2, 0.25) is 5.28 Å². The number of fused-ring (bicyclic) bond motifs is 1. The molecule has 1 heterocycles. The van der Waals surface area contributed by atoms with Gasteiger partial charge in [-0.15, -0.1) is 0 Å². The minimum atomic E-state index is 0.262. The third-order valence-electron chi connectivity index (χ3n) is 2.39. The highest BCUT2D eigenvalue weighted by Gasteiger charge is 2.04. The van der Waals surface area contributed by atoms with Crippen LogP contribution in [0.15, 0.2) is 24.3 Å². The Hall–Kier alpha value is -1.39. The van der Waals surface area contributed by atoms with Gasteiger partial charge in [0.1, 0.15) is 5.82 Å². The molecule has 0 saturated heterocycles. The summed E-state index contributed by atoms with van der Waals surface area (Å²) in [5.74, 6) is 0.775. The lowest BCUT2D eigenvalue weighted by molar-refractivity contribution is 0.198. The van der Waals surface area contributed by atoms with E-state index < -0.39 is 0 Å². The molecule has 1 aromatic carbocycles. The van der Waals surface area contributed by atoms with E-state index in [9.17, 15) is 0 Å². The van der Waals surface area contributed by atoms with Crippen molar-refractivity contribution in [3.63, 3.8) is 0 Å². The molecule has 0 radical (unpaired) electrons. The van der Waals surface area contributed by atoms with Crippen molar-refractivity contribution >= 4 is 28.3 Å². The van der Waals surface area contributed by atoms with Gasteiger partial charge in [0.15, 0.2) is 0 Å². The van der Waals surface area contributed by atoms with E-state index in [0.29, 0.717) is 0 Å². The summed E-state index contributed by atoms with van der Waals surface area (Å²) < 4.78 is 4.99. The van der Waals surface area contributed by atoms with Crippen molar-refractivity contribution < 1.29 is 4.74 Å². The third-order valence-corrected chi connectivity index (χ3v) is 2.56. The molecule has 0 saturated carbocycles. The van der Waals surface area contributed by atoms with Gasteiger partial charge >= 0.3 is 0 Å². The van der Waals surface area contributed by atoms with Crippen molar-refractivity contribution in [1.82, 2.24) is 9.97 Å². The van der Waals surface area contributed by atoms with Gasteiger partial charge in [-0.2, -0.15) is 0 Å². The SMILES string of the molecule is COCCCNc1nc(Cl)nc2ccccc12. The molecule has 0 unspecified atom stereocenters. The molecule has 0 fully saturated rings. The minimum Gasteiger partial charge on any atom is -0.385 e. The smallest absolute Gasteiger partial charge is 0.224 e. The number of para-hydroxylation sites is 1. The van der Waals surface area contributed by atoms with Crippen molar-refractivity contribution in [2.24, 2.45) is 0 Å². The Labute approximate surface area is 105 Å². The predicted octanol–water partition coefficient (Wildman–Crippen LogP) is 2.73. The standard InChI is InChI=1S/C12H14ClN3O/c1-17-8-4-7-14-11-9-5-2-3-6-10(9)15-12(13)16-11/h2-3,5-6H,4,7-8H2,1H3,(H,14,15,16). The molecule has 17 heavy (non-hydrogen) atoms. The van der Waals surface area contributed by atoms with Crippen molar-refractivity contribution in [2.75, 3.05) is 25.6 Å². The Bertz CT molecular complexity index is 504. The van der Waals surface area contributed by atoms with Crippen LogP contribution in [0.3, 0.4) is 0 Å². The fourth-order valence-corrected chi connectivity index (χ4v) is 1.78. The van der Waals surface area contributed by atoms with Gasteiger partial charge < -0.3 is 10.1 Å². The number of aromatic nitrogens is 2. The number of rotatable bonds is 5. The average molecular weight is 252 g/mol. The second-order valence-corrected chi connectivity index (χ2v) is 3.97. The van der Waals surface area contributed by atoms with Crippen LogP contribution in [0.2, 0.25) is 5.28 Å². The molecule has 2 aromatic rings. The number of benzene rings is 1. The molecule has 0 aliphatic heterocycles. The second-order valence-electron chi connectivity index (χ2n) is 3.63. The van der Waals surface area contributed by atoms with Crippen molar-refractivity contribution in [2.45, 2.75) is 6.42 Å². The molecule has 1 aromatic heterocycles. The van der Waals surface area contributed by atoms with E-state index in [-0.39, 0.29) is 5.28 Å². The lowest BCUT2D eigenvalue weighted by atomic mass is 10.2. The number of halogens is 1. The maximum Gasteiger partial charge on any atom is 0.224 e. The van der Waals surface area contributed by atoms with Crippen LogP contribution in [0, 0.1) is 0 Å². The zero-order chi connectivity index (χ0) is 12.1. The van der Waals surface area contributed by atoms with Crippen LogP contribution in [0.25, 0.3) is 10.9 Å². The summed E-state index contributed by atoms with van der Waals surface area (Å²) in [4.78, 5) is 8.37. The van der Waals surface area contributed by atoms with E-state index in [0.717, 1.165) is 36.3 Å². The molecule has 0 aliphatic carbocycles. The molecule has 0 aliphatic rings. The minimum absolute atomic E-state index is 0.262. The van der Waals surface area contributed by atoms with Crippen LogP contribution < -0.4 is 5.32 Å². The Kier molecular flexibility index (Phi) is 4.12. The zero-order valence-electron chi connectivity index (χ0n) is 9.61. The highest BCUT2D eigenvalue weighted by Crippen LogP contribution is 2.21. The number of methoxy groups -OCH3 is 1. The van der Waals surface area contributed by atoms with Crippen LogP contribution >= 0.6 is 11.6 Å². The Morgan fingerprint density at radius 2 is 2.12 bits per heavy atom. The topological polar surface area (TPSA) is 47.0 Å². The number of nitrogens with zero attached hydrogens (tertiary/aromatic N) is 2. The summed E-state index contributed by atoms with van der Waals surface area (Å²) >= 11 is 5.88. The first-order valence-corrected chi connectivity index (χ1v) is 5.84. The summed E-state index contributed by atoms with van der Waals surface area (Å²) in [6, 6.07) is 7.79. The van der Waals surface area contributed by atoms with Gasteiger partial charge in [-0.1, -0.05) is 12.1 Å². The summed E-state index contributed by atoms with van der Waals surface area (Å²) in [5, 5.41) is 4.49. The van der Waals surface area contributed by atoms with Crippen LogP contribution in [0.5, 0.6) is 0 Å². The van der Waals surface area contributed by atoms with Crippen LogP contribution in [-0.4, -0.2) is 30.2 Å². The van der Waals surface area contributed by atoms with Gasteiger partial charge in [0.05, 0.1) is 5.52 Å². The van der Waals surface area contributed by atoms with E-state index in [2.05, 4.69) is 15.3 Å². The molecule has 5 heteroatoms. The molecule has 2 rings (SSSR count). The first-order valence-electron chi connectivity index (χ1n) is 5.46. The van der Waals surface area contributed by atoms with Gasteiger partial charge in [-0.25, -0.2) is 9.97 Å². The highest BCUT2D eigenvalue weighted by molar-refractivity contribution is 6.28. The molecule has 0 spiro atoms. The van der Waals surface area contributed by atoms with Crippen molar-refractivity contribution in [3.8, 4) is 0 Å². The van der Waals surface area contributed by atoms with Crippen molar-refractivity contribution in [3.05, 3.63) is 29.5 Å². The van der Waals surface area contributed by atoms with Crippen LogP contribution in [-0.2, 0) is 4.74 Å². The molecular formula is C12H14ClN3O. The van der Waals surface area contributed by atoms with Gasteiger partial charge in [-0.05, 0) is 30.2 Å². The molecule has 0 atom stereocenters. The summed E-state index contributed by atoms with van der Waals surface area (Å²) in [5.41, 5.74) is 0.849. The Morgan fingerprint density at radius 1 is 1.29 bits per heavy atom. The van der Waals surface area contributed by atoms with Crippen LogP contribution in [0.1, 0.15) is 6.42 Å². The average Bonchev–Trinajstić information content (AvgIpc) is 2.34. The quantitative estimate of drug-likeness (QED) is 0.656. The number of hydrogen-bond donors (Lipinski definition) is 1. The fourth-order valence-electron chi connectivity index (χ4n) is 1.61. The number of anilines is 1. The largest absolute Gasteiger partial charge is 0.385 e. The highest BCUT2D eigenvalue weighted by atomic mass is 35.5. The van der Waals surface area contributed by atoms with Gasteiger partial charge in [-0.3, -0.25) is 0 Å². The van der Waals surface area contributed by atoms with Gasteiger partial charge in [0, 0.05) is 25.6 Å². The number of nitrogens with one attached hydrogen (secondary N) is 1. The molecule has 0 bridgehead atoms. The van der Waals surface area contributed by atoms with E-state index in [1.807, 2.05) is 24.3 Å². The van der Waals surface area contributed by atoms with E-state index in [4.69, 9.17) is 16.3 Å². The Morgan fingerprint density at radius 3 is 2.94 bits per heavy atom. The monoisotopic (exact) mass is 251 g/mol. The summed E-state index contributed by atoms with van der Waals surface area (Å²) in [6.07, 6.45) is 0.923. The molecule has 0 amide bonds. The summed E-state index contributed by atoms with van der Waals surface area (Å²) in [6.45, 7) is 1.52. The fraction of sp³-hybridized carbons (Fsp3) is 0.333. The normalized spacial score (nSPS) is 10.7. The van der Waals surface area contributed by atoms with Crippen molar-refractivity contribution in [1.29, 1.82) is 0 Å². The second kappa shape index (κ2) is 5.80. The first-order chi connectivity index (χ1) is 8.31. The molecule has 90 valence electrons. The van der Waals surface area contributed by atoms with Gasteiger partial charge in [0.25, 0.3) is 0 Å². The van der Waals surface area contributed by atoms with E-state index in [1.54, 1.807) is 7.11 Å². The number of hydrogen-bond acceptors (Lipinski definition) is 4. The van der Waals surface area contributed by atoms with Crippen LogP contribution in [0.4, 0.5) is 5.82 Å². The molecule has 1 N–H and O–H groups in total. The maximum atomic E-state index is 5.88. The first kappa shape index (κ1) is 12.1. The number of ether oxygens (including phenoxy) is 1.